The van der Waals surface area contributed by atoms with E-state index >= 15 is 0 Å². The molecule has 2 amide bonds. The summed E-state index contributed by atoms with van der Waals surface area (Å²) in [7, 11) is -1.83. The molecular weight excluding hydrogens is 422 g/mol. The molecule has 1 aliphatic rings. The summed E-state index contributed by atoms with van der Waals surface area (Å²) in [6, 6.07) is 13.4. The summed E-state index contributed by atoms with van der Waals surface area (Å²) in [6.07, 6.45) is 1.06. The molecule has 2 aromatic carbocycles. The summed E-state index contributed by atoms with van der Waals surface area (Å²) in [5.41, 5.74) is 0.850. The Balaban J connectivity index is 1.50. The highest BCUT2D eigenvalue weighted by atomic mass is 32.2. The quantitative estimate of drug-likeness (QED) is 0.689. The topological polar surface area (TPSA) is 105 Å². The van der Waals surface area contributed by atoms with Crippen LogP contribution in [0.2, 0.25) is 0 Å². The molecule has 0 radical (unpaired) electrons. The molecule has 0 aliphatic carbocycles. The number of methoxy groups -OCH3 is 1. The fraction of sp³-hybridized carbons (Fsp3) is 0.333. The van der Waals surface area contributed by atoms with Gasteiger partial charge in [-0.3, -0.25) is 14.3 Å². The monoisotopic (exact) mass is 447 g/mol. The van der Waals surface area contributed by atoms with Crippen molar-refractivity contribution in [1.82, 2.24) is 9.80 Å². The predicted molar refractivity (Wildman–Crippen MR) is 116 cm³/mol. The van der Waals surface area contributed by atoms with Crippen LogP contribution >= 0.6 is 0 Å². The number of para-hydroxylation sites is 2. The number of hydrogen-bond donors (Lipinski definition) is 1. The van der Waals surface area contributed by atoms with Gasteiger partial charge in [0.2, 0.25) is 10.0 Å². The number of amides is 2. The lowest BCUT2D eigenvalue weighted by Crippen LogP contribution is -2.51. The summed E-state index contributed by atoms with van der Waals surface area (Å²) in [5.74, 6) is 0.738. The standard InChI is InChI=1S/C21H25N3O6S/c1-29-18-5-3-4-6-19(18)30-15-20(25)23-11-13-24(14-12-23)21(26)16-7-9-17(10-8-16)22-31(2,27)28/h3-10,22H,11-15H2,1-2H3. The van der Waals surface area contributed by atoms with Gasteiger partial charge in [0.25, 0.3) is 11.8 Å². The van der Waals surface area contributed by atoms with Gasteiger partial charge in [-0.05, 0) is 36.4 Å². The largest absolute Gasteiger partial charge is 0.493 e. The Morgan fingerprint density at radius 3 is 2.10 bits per heavy atom. The van der Waals surface area contributed by atoms with E-state index in [1.54, 1.807) is 52.3 Å². The van der Waals surface area contributed by atoms with E-state index in [1.165, 1.54) is 7.11 Å². The lowest BCUT2D eigenvalue weighted by Gasteiger charge is -2.34. The minimum Gasteiger partial charge on any atom is -0.493 e. The number of carbonyl (C=O) groups is 2. The van der Waals surface area contributed by atoms with E-state index in [9.17, 15) is 18.0 Å². The van der Waals surface area contributed by atoms with Gasteiger partial charge in [0.1, 0.15) is 0 Å². The molecule has 10 heteroatoms. The molecule has 1 heterocycles. The van der Waals surface area contributed by atoms with Crippen LogP contribution in [0.5, 0.6) is 11.5 Å². The third-order valence-corrected chi connectivity index (χ3v) is 5.38. The van der Waals surface area contributed by atoms with Gasteiger partial charge in [-0.1, -0.05) is 12.1 Å². The van der Waals surface area contributed by atoms with Crippen molar-refractivity contribution in [1.29, 1.82) is 0 Å². The first-order valence-electron chi connectivity index (χ1n) is 9.67. The van der Waals surface area contributed by atoms with Gasteiger partial charge >= 0.3 is 0 Å². The lowest BCUT2D eigenvalue weighted by atomic mass is 10.1. The molecule has 0 spiro atoms. The van der Waals surface area contributed by atoms with Crippen LogP contribution in [-0.4, -0.2) is 76.2 Å². The minimum atomic E-state index is -3.37. The summed E-state index contributed by atoms with van der Waals surface area (Å²) < 4.78 is 35.7. The van der Waals surface area contributed by atoms with Crippen molar-refractivity contribution in [2.75, 3.05) is 50.9 Å². The van der Waals surface area contributed by atoms with Gasteiger partial charge in [-0.15, -0.1) is 0 Å². The smallest absolute Gasteiger partial charge is 0.260 e. The number of carbonyl (C=O) groups excluding carboxylic acids is 2. The molecule has 1 fully saturated rings. The normalized spacial score (nSPS) is 14.1. The zero-order valence-corrected chi connectivity index (χ0v) is 18.2. The van der Waals surface area contributed by atoms with Crippen molar-refractivity contribution in [3.63, 3.8) is 0 Å². The summed E-state index contributed by atoms with van der Waals surface area (Å²) >= 11 is 0. The Kier molecular flexibility index (Phi) is 7.01. The number of piperazine rings is 1. The van der Waals surface area contributed by atoms with Crippen molar-refractivity contribution in [2.24, 2.45) is 0 Å². The fourth-order valence-corrected chi connectivity index (χ4v) is 3.77. The maximum Gasteiger partial charge on any atom is 0.260 e. The van der Waals surface area contributed by atoms with Crippen molar-refractivity contribution in [2.45, 2.75) is 0 Å². The molecule has 2 aromatic rings. The Morgan fingerprint density at radius 2 is 1.52 bits per heavy atom. The van der Waals surface area contributed by atoms with Gasteiger partial charge < -0.3 is 19.3 Å². The number of ether oxygens (including phenoxy) is 2. The molecule has 0 bridgehead atoms. The first kappa shape index (κ1) is 22.4. The van der Waals surface area contributed by atoms with Crippen molar-refractivity contribution < 1.29 is 27.5 Å². The molecule has 1 aliphatic heterocycles. The number of anilines is 1. The van der Waals surface area contributed by atoms with Crippen LogP contribution in [0.3, 0.4) is 0 Å². The highest BCUT2D eigenvalue weighted by molar-refractivity contribution is 7.92. The van der Waals surface area contributed by atoms with Crippen LogP contribution in [0.1, 0.15) is 10.4 Å². The highest BCUT2D eigenvalue weighted by Gasteiger charge is 2.25. The van der Waals surface area contributed by atoms with E-state index in [1.807, 2.05) is 6.07 Å². The van der Waals surface area contributed by atoms with E-state index in [-0.39, 0.29) is 18.4 Å². The SMILES string of the molecule is COc1ccccc1OCC(=O)N1CCN(C(=O)c2ccc(NS(C)(=O)=O)cc2)CC1. The Bertz CT molecular complexity index is 1030. The van der Waals surface area contributed by atoms with E-state index in [4.69, 9.17) is 9.47 Å². The van der Waals surface area contributed by atoms with Gasteiger partial charge in [0.15, 0.2) is 18.1 Å². The summed E-state index contributed by atoms with van der Waals surface area (Å²) in [5, 5.41) is 0. The van der Waals surface area contributed by atoms with E-state index in [2.05, 4.69) is 4.72 Å². The second-order valence-corrected chi connectivity index (χ2v) is 8.81. The van der Waals surface area contributed by atoms with Crippen molar-refractivity contribution in [3.05, 3.63) is 54.1 Å². The number of hydrogen-bond acceptors (Lipinski definition) is 6. The summed E-state index contributed by atoms with van der Waals surface area (Å²) in [6.45, 7) is 1.52. The van der Waals surface area contributed by atoms with Crippen LogP contribution in [0, 0.1) is 0 Å². The van der Waals surface area contributed by atoms with Crippen LogP contribution in [-0.2, 0) is 14.8 Å². The second kappa shape index (κ2) is 9.69. The lowest BCUT2D eigenvalue weighted by molar-refractivity contribution is -0.134. The Hall–Kier alpha value is -3.27. The number of rotatable bonds is 7. The van der Waals surface area contributed by atoms with Gasteiger partial charge in [0.05, 0.1) is 13.4 Å². The third-order valence-electron chi connectivity index (χ3n) is 4.77. The maximum absolute atomic E-state index is 12.7. The Labute approximate surface area is 181 Å². The van der Waals surface area contributed by atoms with Crippen molar-refractivity contribution >= 4 is 27.5 Å². The molecule has 3 rings (SSSR count). The maximum atomic E-state index is 12.7. The van der Waals surface area contributed by atoms with Gasteiger partial charge in [-0.25, -0.2) is 8.42 Å². The number of nitrogens with one attached hydrogen (secondary N) is 1. The Morgan fingerprint density at radius 1 is 0.935 bits per heavy atom. The highest BCUT2D eigenvalue weighted by Crippen LogP contribution is 2.25. The molecule has 0 aromatic heterocycles. The molecule has 0 saturated carbocycles. The van der Waals surface area contributed by atoms with Gasteiger partial charge in [0, 0.05) is 37.4 Å². The fourth-order valence-electron chi connectivity index (χ4n) is 3.21. The molecule has 0 atom stereocenters. The summed E-state index contributed by atoms with van der Waals surface area (Å²) in [4.78, 5) is 28.5. The van der Waals surface area contributed by atoms with E-state index < -0.39 is 10.0 Å². The average Bonchev–Trinajstić information content (AvgIpc) is 2.76. The first-order valence-corrected chi connectivity index (χ1v) is 11.6. The molecule has 9 nitrogen and oxygen atoms in total. The zero-order chi connectivity index (χ0) is 22.4. The molecule has 166 valence electrons. The van der Waals surface area contributed by atoms with Gasteiger partial charge in [-0.2, -0.15) is 0 Å². The number of benzene rings is 2. The zero-order valence-electron chi connectivity index (χ0n) is 17.4. The molecule has 1 N–H and O–H groups in total. The third kappa shape index (κ3) is 6.11. The van der Waals surface area contributed by atoms with Crippen molar-refractivity contribution in [3.8, 4) is 11.5 Å². The molecule has 1 saturated heterocycles. The molecule has 0 unspecified atom stereocenters. The van der Waals surface area contributed by atoms with Crippen LogP contribution in [0.15, 0.2) is 48.5 Å². The average molecular weight is 448 g/mol. The number of nitrogens with zero attached hydrogens (tertiary/aromatic N) is 2. The number of sulfonamides is 1. The molecular formula is C21H25N3O6S. The van der Waals surface area contributed by atoms with Crippen LogP contribution < -0.4 is 14.2 Å². The van der Waals surface area contributed by atoms with Crippen LogP contribution in [0.4, 0.5) is 5.69 Å². The van der Waals surface area contributed by atoms with E-state index in [0.29, 0.717) is 48.9 Å². The predicted octanol–water partition coefficient (Wildman–Crippen LogP) is 1.43. The van der Waals surface area contributed by atoms with E-state index in [0.717, 1.165) is 6.26 Å². The molecule has 31 heavy (non-hydrogen) atoms. The van der Waals surface area contributed by atoms with Crippen LogP contribution in [0.25, 0.3) is 0 Å². The second-order valence-electron chi connectivity index (χ2n) is 7.06. The first-order chi connectivity index (χ1) is 14.8. The minimum absolute atomic E-state index is 0.108.